The van der Waals surface area contributed by atoms with Crippen molar-refractivity contribution < 1.29 is 24.0 Å². The molecule has 0 aliphatic rings. The van der Waals surface area contributed by atoms with Crippen LogP contribution in [-0.4, -0.2) is 35.6 Å². The summed E-state index contributed by atoms with van der Waals surface area (Å²) in [4.78, 5) is 35.3. The maximum atomic E-state index is 12.5. The van der Waals surface area contributed by atoms with E-state index < -0.39 is 28.9 Å². The highest BCUT2D eigenvalue weighted by molar-refractivity contribution is 5.87. The normalized spacial score (nSPS) is 12.5. The molecular formula is C20H22N2O6. The van der Waals surface area contributed by atoms with Crippen LogP contribution in [0.2, 0.25) is 0 Å². The number of benzene rings is 2. The van der Waals surface area contributed by atoms with Gasteiger partial charge in [-0.2, -0.15) is 0 Å². The molecule has 8 heteroatoms. The van der Waals surface area contributed by atoms with Crippen molar-refractivity contribution in [3.05, 3.63) is 70.3 Å². The molecule has 0 bridgehead atoms. The molecule has 0 radical (unpaired) electrons. The van der Waals surface area contributed by atoms with Crippen LogP contribution in [0.1, 0.15) is 19.4 Å². The molecule has 148 valence electrons. The van der Waals surface area contributed by atoms with Crippen LogP contribution >= 0.6 is 0 Å². The number of carbonyl (C=O) groups is 2. The van der Waals surface area contributed by atoms with E-state index in [0.717, 1.165) is 5.56 Å². The molecule has 0 aliphatic carbocycles. The molecule has 0 aliphatic heterocycles. The van der Waals surface area contributed by atoms with Crippen molar-refractivity contribution in [2.75, 3.05) is 6.61 Å². The molecular weight excluding hydrogens is 364 g/mol. The fraction of sp³-hybridized carbons (Fsp3) is 0.300. The SMILES string of the molecule is CCOC(=O)C(Cc1ccccc1)NC(=O)C(C)Oc1ccccc1[N+](=O)[O-]. The zero-order valence-electron chi connectivity index (χ0n) is 15.7. The van der Waals surface area contributed by atoms with E-state index in [9.17, 15) is 19.7 Å². The number of para-hydroxylation sites is 2. The standard InChI is InChI=1S/C20H22N2O6/c1-3-27-20(24)16(13-15-9-5-4-6-10-15)21-19(23)14(2)28-18-12-8-7-11-17(18)22(25)26/h4-12,14,16H,3,13H2,1-2H3,(H,21,23). The smallest absolute Gasteiger partial charge is 0.328 e. The third-order valence-electron chi connectivity index (χ3n) is 3.91. The summed E-state index contributed by atoms with van der Waals surface area (Å²) in [6, 6.07) is 14.1. The van der Waals surface area contributed by atoms with Crippen LogP contribution in [0.15, 0.2) is 54.6 Å². The number of rotatable bonds is 9. The van der Waals surface area contributed by atoms with Gasteiger partial charge in [0, 0.05) is 12.5 Å². The highest BCUT2D eigenvalue weighted by Gasteiger charge is 2.27. The van der Waals surface area contributed by atoms with Crippen molar-refractivity contribution >= 4 is 17.6 Å². The molecule has 2 aromatic rings. The molecule has 8 nitrogen and oxygen atoms in total. The summed E-state index contributed by atoms with van der Waals surface area (Å²) in [5.41, 5.74) is 0.612. The number of ether oxygens (including phenoxy) is 2. The second-order valence-electron chi connectivity index (χ2n) is 5.99. The summed E-state index contributed by atoms with van der Waals surface area (Å²) in [5.74, 6) is -1.16. The van der Waals surface area contributed by atoms with E-state index in [4.69, 9.17) is 9.47 Å². The van der Waals surface area contributed by atoms with Gasteiger partial charge in [0.1, 0.15) is 6.04 Å². The Hall–Kier alpha value is -3.42. The van der Waals surface area contributed by atoms with E-state index in [1.165, 1.54) is 25.1 Å². The van der Waals surface area contributed by atoms with Gasteiger partial charge in [0.2, 0.25) is 0 Å². The lowest BCUT2D eigenvalue weighted by atomic mass is 10.1. The van der Waals surface area contributed by atoms with Gasteiger partial charge in [0.05, 0.1) is 11.5 Å². The van der Waals surface area contributed by atoms with Crippen molar-refractivity contribution in [1.82, 2.24) is 5.32 Å². The molecule has 0 aromatic heterocycles. The third-order valence-corrected chi connectivity index (χ3v) is 3.91. The average molecular weight is 386 g/mol. The highest BCUT2D eigenvalue weighted by Crippen LogP contribution is 2.26. The Morgan fingerprint density at radius 1 is 1.11 bits per heavy atom. The van der Waals surface area contributed by atoms with Crippen LogP contribution in [0, 0.1) is 10.1 Å². The zero-order valence-corrected chi connectivity index (χ0v) is 15.7. The zero-order chi connectivity index (χ0) is 20.5. The summed E-state index contributed by atoms with van der Waals surface area (Å²) < 4.78 is 10.5. The van der Waals surface area contributed by atoms with Crippen molar-refractivity contribution in [1.29, 1.82) is 0 Å². The number of hydrogen-bond donors (Lipinski definition) is 1. The molecule has 0 saturated carbocycles. The maximum absolute atomic E-state index is 12.5. The third kappa shape index (κ3) is 5.80. The second-order valence-corrected chi connectivity index (χ2v) is 5.99. The molecule has 28 heavy (non-hydrogen) atoms. The number of esters is 1. The first-order valence-corrected chi connectivity index (χ1v) is 8.83. The Morgan fingerprint density at radius 2 is 1.75 bits per heavy atom. The van der Waals surface area contributed by atoms with Crippen molar-refractivity contribution in [3.8, 4) is 5.75 Å². The topological polar surface area (TPSA) is 108 Å². The number of nitro benzene ring substituents is 1. The van der Waals surface area contributed by atoms with Gasteiger partial charge >= 0.3 is 11.7 Å². The largest absolute Gasteiger partial charge is 0.474 e. The fourth-order valence-corrected chi connectivity index (χ4v) is 2.53. The van der Waals surface area contributed by atoms with Gasteiger partial charge in [-0.3, -0.25) is 14.9 Å². The van der Waals surface area contributed by atoms with Crippen LogP contribution in [0.5, 0.6) is 5.75 Å². The lowest BCUT2D eigenvalue weighted by Gasteiger charge is -2.20. The Bertz CT molecular complexity index is 824. The quantitative estimate of drug-likeness (QED) is 0.403. The molecule has 0 spiro atoms. The molecule has 0 saturated heterocycles. The minimum atomic E-state index is -1.05. The molecule has 2 atom stereocenters. The average Bonchev–Trinajstić information content (AvgIpc) is 2.68. The van der Waals surface area contributed by atoms with Gasteiger partial charge < -0.3 is 14.8 Å². The second kappa shape index (κ2) is 10.1. The number of nitrogens with zero attached hydrogens (tertiary/aromatic N) is 1. The van der Waals surface area contributed by atoms with E-state index >= 15 is 0 Å². The van der Waals surface area contributed by atoms with Crippen LogP contribution in [0.25, 0.3) is 0 Å². The molecule has 0 fully saturated rings. The first-order chi connectivity index (χ1) is 13.4. The minimum Gasteiger partial charge on any atom is -0.474 e. The van der Waals surface area contributed by atoms with E-state index in [0.29, 0.717) is 0 Å². The monoisotopic (exact) mass is 386 g/mol. The van der Waals surface area contributed by atoms with Crippen molar-refractivity contribution in [2.24, 2.45) is 0 Å². The van der Waals surface area contributed by atoms with E-state index in [1.807, 2.05) is 30.3 Å². The molecule has 2 aromatic carbocycles. The Labute approximate surface area is 162 Å². The fourth-order valence-electron chi connectivity index (χ4n) is 2.53. The summed E-state index contributed by atoms with van der Waals surface area (Å²) in [6.45, 7) is 3.32. The predicted octanol–water partition coefficient (Wildman–Crippen LogP) is 2.65. The van der Waals surface area contributed by atoms with Gasteiger partial charge in [-0.1, -0.05) is 42.5 Å². The summed E-state index contributed by atoms with van der Waals surface area (Å²) in [6.07, 6.45) is -0.794. The van der Waals surface area contributed by atoms with Gasteiger partial charge in [0.25, 0.3) is 5.91 Å². The van der Waals surface area contributed by atoms with Gasteiger partial charge in [0.15, 0.2) is 11.9 Å². The number of carbonyl (C=O) groups excluding carboxylic acids is 2. The lowest BCUT2D eigenvalue weighted by molar-refractivity contribution is -0.386. The molecule has 1 amide bonds. The van der Waals surface area contributed by atoms with E-state index in [2.05, 4.69) is 5.32 Å². The highest BCUT2D eigenvalue weighted by atomic mass is 16.6. The molecule has 2 rings (SSSR count). The van der Waals surface area contributed by atoms with Gasteiger partial charge in [-0.15, -0.1) is 0 Å². The van der Waals surface area contributed by atoms with Crippen LogP contribution in [0.3, 0.4) is 0 Å². The van der Waals surface area contributed by atoms with Gasteiger partial charge in [-0.25, -0.2) is 4.79 Å². The number of amides is 1. The minimum absolute atomic E-state index is 0.0223. The van der Waals surface area contributed by atoms with Crippen LogP contribution in [0.4, 0.5) is 5.69 Å². The molecule has 1 N–H and O–H groups in total. The molecule has 0 heterocycles. The predicted molar refractivity (Wildman–Crippen MR) is 102 cm³/mol. The van der Waals surface area contributed by atoms with Crippen LogP contribution in [-0.2, 0) is 20.7 Å². The summed E-state index contributed by atoms with van der Waals surface area (Å²) in [7, 11) is 0. The van der Waals surface area contributed by atoms with Crippen LogP contribution < -0.4 is 10.1 Å². The summed E-state index contributed by atoms with van der Waals surface area (Å²) >= 11 is 0. The Kier molecular flexibility index (Phi) is 7.50. The number of nitro groups is 1. The van der Waals surface area contributed by atoms with E-state index in [-0.39, 0.29) is 24.5 Å². The Balaban J connectivity index is 2.09. The first-order valence-electron chi connectivity index (χ1n) is 8.83. The first kappa shape index (κ1) is 20.9. The van der Waals surface area contributed by atoms with Gasteiger partial charge in [-0.05, 0) is 25.5 Å². The van der Waals surface area contributed by atoms with Crippen molar-refractivity contribution in [3.63, 3.8) is 0 Å². The Morgan fingerprint density at radius 3 is 2.39 bits per heavy atom. The number of hydrogen-bond acceptors (Lipinski definition) is 6. The molecule has 2 unspecified atom stereocenters. The van der Waals surface area contributed by atoms with Crippen molar-refractivity contribution in [2.45, 2.75) is 32.4 Å². The summed E-state index contributed by atoms with van der Waals surface area (Å²) in [5, 5.41) is 13.7. The lowest BCUT2D eigenvalue weighted by Crippen LogP contribution is -2.48. The van der Waals surface area contributed by atoms with E-state index in [1.54, 1.807) is 13.0 Å². The maximum Gasteiger partial charge on any atom is 0.328 e. The number of nitrogens with one attached hydrogen (secondary N) is 1.